The molecule has 0 unspecified atom stereocenters. The molecule has 1 saturated carbocycles. The van der Waals surface area contributed by atoms with E-state index in [1.54, 1.807) is 31.5 Å². The summed E-state index contributed by atoms with van der Waals surface area (Å²) in [5.41, 5.74) is 0.571. The van der Waals surface area contributed by atoms with Gasteiger partial charge in [-0.3, -0.25) is 19.1 Å². The molecule has 0 radical (unpaired) electrons. The number of rotatable bonds is 7. The molecule has 1 N–H and O–H groups in total. The minimum absolute atomic E-state index is 0.0560. The highest BCUT2D eigenvalue weighted by Crippen LogP contribution is 2.59. The van der Waals surface area contributed by atoms with Crippen molar-refractivity contribution in [2.75, 3.05) is 5.32 Å². The lowest BCUT2D eigenvalue weighted by Gasteiger charge is -2.27. The Labute approximate surface area is 254 Å². The van der Waals surface area contributed by atoms with Crippen molar-refractivity contribution in [1.29, 1.82) is 0 Å². The van der Waals surface area contributed by atoms with Gasteiger partial charge in [0.15, 0.2) is 5.78 Å². The van der Waals surface area contributed by atoms with Gasteiger partial charge in [-0.05, 0) is 61.4 Å². The smallest absolute Gasteiger partial charge is 0.325 e. The highest BCUT2D eigenvalue weighted by atomic mass is 19.4. The van der Waals surface area contributed by atoms with Crippen molar-refractivity contribution in [2.24, 2.45) is 5.41 Å². The summed E-state index contributed by atoms with van der Waals surface area (Å²) in [6.45, 7) is 5.22. The number of nitrogens with zero attached hydrogens (tertiary/aromatic N) is 6. The number of Topliss-reactive ketones (excluding diaryl/α,β-unsaturated/α-hetero) is 1. The molecule has 2 amide bonds. The van der Waals surface area contributed by atoms with Gasteiger partial charge in [0.05, 0.1) is 5.52 Å². The van der Waals surface area contributed by atoms with Crippen LogP contribution in [0.15, 0.2) is 36.7 Å². The molecular weight excluding hydrogens is 594 g/mol. The molecule has 4 aromatic rings. The number of amides is 2. The summed E-state index contributed by atoms with van der Waals surface area (Å²) >= 11 is 0. The average Bonchev–Trinajstić information content (AvgIpc) is 3.34. The van der Waals surface area contributed by atoms with Crippen LogP contribution in [0.1, 0.15) is 59.8 Å². The predicted octanol–water partition coefficient (Wildman–Crippen LogP) is 5.21. The highest BCUT2D eigenvalue weighted by molar-refractivity contribution is 6.07. The standard InChI is InChI=1S/C31H29F4N7O3/c1-15-5-6-23(31(33,34)35)38-28(15)39-29(45)22-9-30(4)10-24(30)42(22)25(44)14-41-27-19(11-32)7-18(20-12-36-17(3)37-13-20)8-21(27)26(40-41)16(2)43/h5-8,12-13,22,24H,9-11,14H2,1-4H3,(H,38,39,45)/t22-,24+,30-/m0/s1. The van der Waals surface area contributed by atoms with Gasteiger partial charge in [0.25, 0.3) is 0 Å². The Hall–Kier alpha value is -4.75. The van der Waals surface area contributed by atoms with Gasteiger partial charge in [-0.1, -0.05) is 13.0 Å². The van der Waals surface area contributed by atoms with Crippen molar-refractivity contribution in [2.45, 2.75) is 72.0 Å². The lowest BCUT2D eigenvalue weighted by atomic mass is 10.0. The van der Waals surface area contributed by atoms with Gasteiger partial charge in [-0.25, -0.2) is 19.3 Å². The van der Waals surface area contributed by atoms with Crippen molar-refractivity contribution in [3.05, 3.63) is 65.0 Å². The normalized spacial score (nSPS) is 20.8. The number of alkyl halides is 4. The summed E-state index contributed by atoms with van der Waals surface area (Å²) < 4.78 is 55.6. The van der Waals surface area contributed by atoms with E-state index in [-0.39, 0.29) is 46.4 Å². The molecule has 0 bridgehead atoms. The van der Waals surface area contributed by atoms with Crippen LogP contribution in [-0.4, -0.2) is 59.3 Å². The largest absolute Gasteiger partial charge is 0.433 e. The van der Waals surface area contributed by atoms with E-state index in [4.69, 9.17) is 0 Å². The molecule has 6 rings (SSSR count). The molecule has 45 heavy (non-hydrogen) atoms. The minimum Gasteiger partial charge on any atom is -0.325 e. The van der Waals surface area contributed by atoms with Crippen LogP contribution in [0.2, 0.25) is 0 Å². The first-order chi connectivity index (χ1) is 21.2. The first-order valence-corrected chi connectivity index (χ1v) is 14.3. The number of halogens is 4. The molecular formula is C31H29F4N7O3. The Morgan fingerprint density at radius 3 is 2.42 bits per heavy atom. The van der Waals surface area contributed by atoms with Crippen molar-refractivity contribution in [3.8, 4) is 11.1 Å². The summed E-state index contributed by atoms with van der Waals surface area (Å²) in [5, 5.41) is 7.25. The van der Waals surface area contributed by atoms with E-state index in [1.807, 2.05) is 6.92 Å². The predicted molar refractivity (Wildman–Crippen MR) is 155 cm³/mol. The van der Waals surface area contributed by atoms with Crippen molar-refractivity contribution in [3.63, 3.8) is 0 Å². The van der Waals surface area contributed by atoms with Crippen molar-refractivity contribution >= 4 is 34.3 Å². The zero-order valence-corrected chi connectivity index (χ0v) is 24.9. The summed E-state index contributed by atoms with van der Waals surface area (Å²) in [6.07, 6.45) is -0.553. The number of hydrogen-bond donors (Lipinski definition) is 1. The maximum absolute atomic E-state index is 14.5. The summed E-state index contributed by atoms with van der Waals surface area (Å²) in [7, 11) is 0. The van der Waals surface area contributed by atoms with E-state index in [2.05, 4.69) is 25.4 Å². The van der Waals surface area contributed by atoms with Crippen LogP contribution in [0.3, 0.4) is 0 Å². The maximum atomic E-state index is 14.5. The van der Waals surface area contributed by atoms with Gasteiger partial charge in [0, 0.05) is 41.9 Å². The lowest BCUT2D eigenvalue weighted by Crippen LogP contribution is -2.47. The number of piperidine rings is 1. The van der Waals surface area contributed by atoms with Gasteiger partial charge in [0.1, 0.15) is 42.3 Å². The minimum atomic E-state index is -4.70. The number of benzene rings is 1. The molecule has 1 aliphatic heterocycles. The van der Waals surface area contributed by atoms with Gasteiger partial charge < -0.3 is 10.2 Å². The molecule has 10 nitrogen and oxygen atoms in total. The molecule has 2 fully saturated rings. The van der Waals surface area contributed by atoms with E-state index in [1.165, 1.54) is 29.5 Å². The molecule has 3 atom stereocenters. The Kier molecular flexibility index (Phi) is 7.20. The molecule has 1 aromatic carbocycles. The number of carbonyl (C=O) groups is 3. The summed E-state index contributed by atoms with van der Waals surface area (Å²) in [5.74, 6) is -1.21. The zero-order chi connectivity index (χ0) is 32.4. The number of hydrogen-bond acceptors (Lipinski definition) is 7. The number of ketones is 1. The Morgan fingerprint density at radius 1 is 1.07 bits per heavy atom. The van der Waals surface area contributed by atoms with Crippen LogP contribution in [0.25, 0.3) is 22.0 Å². The van der Waals surface area contributed by atoms with E-state index in [0.29, 0.717) is 40.7 Å². The third kappa shape index (κ3) is 5.42. The second kappa shape index (κ2) is 10.7. The number of aromatic nitrogens is 5. The number of nitrogens with one attached hydrogen (secondary N) is 1. The molecule has 14 heteroatoms. The number of anilines is 1. The number of pyridine rings is 1. The van der Waals surface area contributed by atoms with Crippen LogP contribution < -0.4 is 5.32 Å². The molecule has 3 aromatic heterocycles. The fraction of sp³-hybridized carbons (Fsp3) is 0.387. The quantitative estimate of drug-likeness (QED) is 0.221. The number of aryl methyl sites for hydroxylation is 2. The van der Waals surface area contributed by atoms with Gasteiger partial charge >= 0.3 is 6.18 Å². The SMILES string of the molecule is CC(=O)c1nn(CC(=O)N2[C@H](C(=O)Nc3nc(C(F)(F)F)ccc3C)C[C@@]3(C)C[C@@H]23)c2c(CF)cc(-c3cnc(C)nc3)cc12. The summed E-state index contributed by atoms with van der Waals surface area (Å²) in [4.78, 5) is 53.4. The van der Waals surface area contributed by atoms with Crippen molar-refractivity contribution < 1.29 is 31.9 Å². The van der Waals surface area contributed by atoms with Crippen LogP contribution >= 0.6 is 0 Å². The van der Waals surface area contributed by atoms with Crippen LogP contribution in [0, 0.1) is 19.3 Å². The van der Waals surface area contributed by atoms with E-state index in [0.717, 1.165) is 6.07 Å². The first-order valence-electron chi connectivity index (χ1n) is 14.3. The Bertz CT molecular complexity index is 1870. The van der Waals surface area contributed by atoms with E-state index < -0.39 is 36.4 Å². The summed E-state index contributed by atoms with van der Waals surface area (Å²) in [6, 6.07) is 4.09. The second-order valence-corrected chi connectivity index (χ2v) is 12.0. The molecule has 234 valence electrons. The van der Waals surface area contributed by atoms with E-state index >= 15 is 0 Å². The van der Waals surface area contributed by atoms with Gasteiger partial charge in [-0.2, -0.15) is 18.3 Å². The zero-order valence-electron chi connectivity index (χ0n) is 24.9. The lowest BCUT2D eigenvalue weighted by molar-refractivity contribution is -0.141. The van der Waals surface area contributed by atoms with E-state index in [9.17, 15) is 31.9 Å². The fourth-order valence-corrected chi connectivity index (χ4v) is 6.17. The molecule has 1 aliphatic carbocycles. The second-order valence-electron chi connectivity index (χ2n) is 12.0. The third-order valence-corrected chi connectivity index (χ3v) is 8.65. The van der Waals surface area contributed by atoms with Crippen molar-refractivity contribution in [1.82, 2.24) is 29.6 Å². The van der Waals surface area contributed by atoms with Crippen LogP contribution in [0.4, 0.5) is 23.4 Å². The molecule has 2 aliphatic rings. The number of fused-ring (bicyclic) bond motifs is 2. The maximum Gasteiger partial charge on any atom is 0.433 e. The molecule has 1 saturated heterocycles. The fourth-order valence-electron chi connectivity index (χ4n) is 6.17. The average molecular weight is 624 g/mol. The Balaban J connectivity index is 1.32. The van der Waals surface area contributed by atoms with Crippen LogP contribution in [0.5, 0.6) is 0 Å². The Morgan fingerprint density at radius 2 is 1.78 bits per heavy atom. The first kappa shape index (κ1) is 30.3. The topological polar surface area (TPSA) is 123 Å². The molecule has 0 spiro atoms. The van der Waals surface area contributed by atoms with Gasteiger partial charge in [-0.15, -0.1) is 0 Å². The number of likely N-dealkylation sites (tertiary alicyclic amines) is 1. The third-order valence-electron chi connectivity index (χ3n) is 8.65. The molecule has 4 heterocycles. The number of carbonyl (C=O) groups excluding carboxylic acids is 3. The van der Waals surface area contributed by atoms with Crippen LogP contribution in [-0.2, 0) is 29.0 Å². The monoisotopic (exact) mass is 623 g/mol. The highest BCUT2D eigenvalue weighted by Gasteiger charge is 2.64. The van der Waals surface area contributed by atoms with Gasteiger partial charge in [0.2, 0.25) is 11.8 Å².